The summed E-state index contributed by atoms with van der Waals surface area (Å²) in [5.41, 5.74) is -0.367. The average Bonchev–Trinajstić information content (AvgIpc) is 2.55. The molecule has 2 heterocycles. The van der Waals surface area contributed by atoms with E-state index >= 15 is 0 Å². The molecule has 0 aromatic carbocycles. The summed E-state index contributed by atoms with van der Waals surface area (Å²) in [6.45, 7) is 1.11. The van der Waals surface area contributed by atoms with Crippen molar-refractivity contribution in [3.8, 4) is 0 Å². The van der Waals surface area contributed by atoms with E-state index in [4.69, 9.17) is 18.9 Å². The summed E-state index contributed by atoms with van der Waals surface area (Å²) in [5, 5.41) is 0. The molecule has 4 atom stereocenters. The minimum absolute atomic E-state index is 0.0162. The molecule has 2 bridgehead atoms. The van der Waals surface area contributed by atoms with Crippen LogP contribution in [0.3, 0.4) is 0 Å². The fourth-order valence-electron chi connectivity index (χ4n) is 2.38. The summed E-state index contributed by atoms with van der Waals surface area (Å²) in [5.74, 6) is 0. The van der Waals surface area contributed by atoms with Gasteiger partial charge >= 0.3 is 0 Å². The van der Waals surface area contributed by atoms with Crippen molar-refractivity contribution < 1.29 is 18.9 Å². The second-order valence-corrected chi connectivity index (χ2v) is 3.75. The molecule has 0 spiro atoms. The van der Waals surface area contributed by atoms with Gasteiger partial charge in [0.1, 0.15) is 25.7 Å². The summed E-state index contributed by atoms with van der Waals surface area (Å²) >= 11 is 0. The molecule has 2 aliphatic heterocycles. The van der Waals surface area contributed by atoms with Crippen LogP contribution in [0.4, 0.5) is 0 Å². The van der Waals surface area contributed by atoms with Crippen molar-refractivity contribution in [3.05, 3.63) is 0 Å². The fraction of sp³-hybridized carbons (Fsp3) is 1.00. The van der Waals surface area contributed by atoms with Crippen LogP contribution < -0.4 is 0 Å². The molecule has 4 nitrogen and oxygen atoms in total. The lowest BCUT2D eigenvalue weighted by Crippen LogP contribution is -2.45. The average molecular weight is 186 g/mol. The Labute approximate surface area is 78.9 Å². The molecule has 2 saturated heterocycles. The minimum Gasteiger partial charge on any atom is -0.381 e. The van der Waals surface area contributed by atoms with Crippen molar-refractivity contribution in [2.24, 2.45) is 0 Å². The Morgan fingerprint density at radius 3 is 2.85 bits per heavy atom. The smallest absolute Gasteiger partial charge is 0.143 e. The summed E-state index contributed by atoms with van der Waals surface area (Å²) in [6.07, 6.45) is 0.0857. The van der Waals surface area contributed by atoms with Crippen molar-refractivity contribution in [1.82, 2.24) is 0 Å². The van der Waals surface area contributed by atoms with E-state index in [0.29, 0.717) is 13.2 Å². The maximum absolute atomic E-state index is 5.82. The molecule has 0 aliphatic carbocycles. The fourth-order valence-corrected chi connectivity index (χ4v) is 2.38. The molecule has 2 aliphatic rings. The molecule has 5 heteroatoms. The zero-order chi connectivity index (χ0) is 9.47. The van der Waals surface area contributed by atoms with Crippen molar-refractivity contribution in [3.63, 3.8) is 0 Å². The Bertz CT molecular complexity index is 201. The highest BCUT2D eigenvalue weighted by Crippen LogP contribution is 2.40. The maximum atomic E-state index is 5.82. The van der Waals surface area contributed by atoms with Crippen LogP contribution in [0.25, 0.3) is 0 Å². The van der Waals surface area contributed by atoms with Crippen molar-refractivity contribution >= 4 is 7.85 Å². The van der Waals surface area contributed by atoms with E-state index < -0.39 is 0 Å². The maximum Gasteiger partial charge on any atom is 0.143 e. The molecule has 1 unspecified atom stereocenters. The van der Waals surface area contributed by atoms with Gasteiger partial charge in [-0.25, -0.2) is 0 Å². The van der Waals surface area contributed by atoms with Gasteiger partial charge in [-0.05, 0) is 0 Å². The molecule has 0 amide bonds. The second-order valence-electron chi connectivity index (χ2n) is 3.75. The van der Waals surface area contributed by atoms with Gasteiger partial charge in [0, 0.05) is 14.2 Å². The lowest BCUT2D eigenvalue weighted by atomic mass is 9.92. The van der Waals surface area contributed by atoms with Crippen molar-refractivity contribution in [2.75, 3.05) is 27.4 Å². The zero-order valence-electron chi connectivity index (χ0n) is 8.28. The van der Waals surface area contributed by atoms with Crippen LogP contribution in [0.5, 0.6) is 0 Å². The quantitative estimate of drug-likeness (QED) is 0.517. The van der Waals surface area contributed by atoms with Gasteiger partial charge in [-0.1, -0.05) is 0 Å². The molecule has 0 saturated carbocycles. The van der Waals surface area contributed by atoms with Crippen LogP contribution >= 0.6 is 0 Å². The van der Waals surface area contributed by atoms with E-state index in [1.165, 1.54) is 0 Å². The Hall–Kier alpha value is -0.0951. The van der Waals surface area contributed by atoms with Gasteiger partial charge in [0.25, 0.3) is 0 Å². The first kappa shape index (κ1) is 9.46. The first-order chi connectivity index (χ1) is 6.23. The van der Waals surface area contributed by atoms with Gasteiger partial charge < -0.3 is 18.9 Å². The molecular formula is C8H15BO4. The van der Waals surface area contributed by atoms with Crippen LogP contribution in [0, 0.1) is 0 Å². The van der Waals surface area contributed by atoms with E-state index in [1.54, 1.807) is 14.2 Å². The van der Waals surface area contributed by atoms with Crippen molar-refractivity contribution in [2.45, 2.75) is 23.8 Å². The van der Waals surface area contributed by atoms with E-state index in [2.05, 4.69) is 0 Å². The van der Waals surface area contributed by atoms with Crippen LogP contribution in [-0.4, -0.2) is 59.1 Å². The Morgan fingerprint density at radius 2 is 2.31 bits per heavy atom. The van der Waals surface area contributed by atoms with Gasteiger partial charge in [-0.2, -0.15) is 0 Å². The van der Waals surface area contributed by atoms with Crippen LogP contribution in [0.1, 0.15) is 0 Å². The normalized spacial score (nSPS) is 48.6. The van der Waals surface area contributed by atoms with Gasteiger partial charge in [-0.3, -0.25) is 0 Å². The topological polar surface area (TPSA) is 36.9 Å². The van der Waals surface area contributed by atoms with Gasteiger partial charge in [-0.15, -0.1) is 0 Å². The highest BCUT2D eigenvalue weighted by Gasteiger charge is 2.60. The molecular weight excluding hydrogens is 171 g/mol. The molecule has 0 N–H and O–H groups in total. The third kappa shape index (κ3) is 1.22. The third-order valence-electron chi connectivity index (χ3n) is 2.86. The van der Waals surface area contributed by atoms with Gasteiger partial charge in [0.2, 0.25) is 0 Å². The number of ether oxygens (including phenoxy) is 4. The summed E-state index contributed by atoms with van der Waals surface area (Å²) in [7, 11) is 5.37. The molecule has 2 rings (SSSR count). The van der Waals surface area contributed by atoms with Crippen LogP contribution in [0.15, 0.2) is 0 Å². The Kier molecular flexibility index (Phi) is 2.36. The standard InChI is InChI=1S/C8H15BO4/c1-10-3-8-4-12-5(6(8)11-2)7(9)13-8/h5-7H,3-4,9H2,1-2H3/t5-,6+,7?,8-/m1/s1. The number of hydrogen-bond donors (Lipinski definition) is 0. The Morgan fingerprint density at radius 1 is 1.54 bits per heavy atom. The van der Waals surface area contributed by atoms with Gasteiger partial charge in [0.05, 0.1) is 19.2 Å². The SMILES string of the molecule is BC1O[C@]2(COC)CO[C@@H]1[C@@H]2OC. The predicted octanol–water partition coefficient (Wildman–Crippen LogP) is -1.23. The molecule has 0 aromatic heterocycles. The highest BCUT2D eigenvalue weighted by molar-refractivity contribution is 6.11. The van der Waals surface area contributed by atoms with Gasteiger partial charge in [0.15, 0.2) is 0 Å². The van der Waals surface area contributed by atoms with E-state index in [-0.39, 0.29) is 23.8 Å². The lowest BCUT2D eigenvalue weighted by Gasteiger charge is -2.29. The minimum atomic E-state index is -0.367. The third-order valence-corrected chi connectivity index (χ3v) is 2.86. The van der Waals surface area contributed by atoms with Crippen molar-refractivity contribution in [1.29, 1.82) is 0 Å². The molecule has 0 aromatic rings. The van der Waals surface area contributed by atoms with E-state index in [9.17, 15) is 0 Å². The zero-order valence-corrected chi connectivity index (χ0v) is 8.28. The number of hydrogen-bond acceptors (Lipinski definition) is 4. The van der Waals surface area contributed by atoms with Crippen LogP contribution in [0.2, 0.25) is 0 Å². The number of rotatable bonds is 3. The monoisotopic (exact) mass is 186 g/mol. The number of fused-ring (bicyclic) bond motifs is 2. The second kappa shape index (κ2) is 3.24. The number of methoxy groups -OCH3 is 2. The molecule has 2 fully saturated rings. The molecule has 74 valence electrons. The molecule has 13 heavy (non-hydrogen) atoms. The van der Waals surface area contributed by atoms with E-state index in [1.807, 2.05) is 7.85 Å². The van der Waals surface area contributed by atoms with E-state index in [0.717, 1.165) is 0 Å². The first-order valence-corrected chi connectivity index (χ1v) is 4.54. The van der Waals surface area contributed by atoms with Crippen LogP contribution in [-0.2, 0) is 18.9 Å². The predicted molar refractivity (Wildman–Crippen MR) is 48.6 cm³/mol. The Balaban J connectivity index is 2.17. The lowest BCUT2D eigenvalue weighted by molar-refractivity contribution is -0.144. The highest BCUT2D eigenvalue weighted by atomic mass is 16.7. The summed E-state index contributed by atoms with van der Waals surface area (Å²) in [6, 6.07) is 0.105. The first-order valence-electron chi connectivity index (χ1n) is 4.54. The largest absolute Gasteiger partial charge is 0.381 e. The summed E-state index contributed by atoms with van der Waals surface area (Å²) < 4.78 is 21.9. The molecule has 0 radical (unpaired) electrons. The summed E-state index contributed by atoms with van der Waals surface area (Å²) in [4.78, 5) is 0.